The van der Waals surface area contributed by atoms with Crippen LogP contribution in [-0.4, -0.2) is 4.98 Å². The molecule has 1 aliphatic rings. The zero-order valence-corrected chi connectivity index (χ0v) is 11.3. The average molecular weight is 253 g/mol. The van der Waals surface area contributed by atoms with Crippen molar-refractivity contribution in [3.8, 4) is 11.1 Å². The molecule has 1 aromatic heterocycles. The Morgan fingerprint density at radius 2 is 1.89 bits per heavy atom. The van der Waals surface area contributed by atoms with E-state index in [-0.39, 0.29) is 11.0 Å². The molecule has 1 saturated carbocycles. The van der Waals surface area contributed by atoms with Gasteiger partial charge in [0.1, 0.15) is 0 Å². The zero-order valence-electron chi connectivity index (χ0n) is 11.3. The van der Waals surface area contributed by atoms with Gasteiger partial charge in [-0.1, -0.05) is 44.0 Å². The summed E-state index contributed by atoms with van der Waals surface area (Å²) in [6.45, 7) is 2.34. The number of rotatable bonds is 2. The molecule has 0 bridgehead atoms. The van der Waals surface area contributed by atoms with E-state index < -0.39 is 0 Å². The topological polar surface area (TPSA) is 32.9 Å². The third kappa shape index (κ3) is 2.23. The highest BCUT2D eigenvalue weighted by Crippen LogP contribution is 2.41. The van der Waals surface area contributed by atoms with Crippen LogP contribution in [0.1, 0.15) is 38.2 Å². The van der Waals surface area contributed by atoms with Gasteiger partial charge in [0.05, 0.1) is 0 Å². The molecule has 1 N–H and O–H groups in total. The van der Waals surface area contributed by atoms with Crippen LogP contribution in [0.4, 0.5) is 0 Å². The van der Waals surface area contributed by atoms with Crippen LogP contribution in [0.15, 0.2) is 47.4 Å². The molecule has 2 heteroatoms. The van der Waals surface area contributed by atoms with Gasteiger partial charge in [-0.05, 0) is 41.5 Å². The van der Waals surface area contributed by atoms with E-state index in [0.717, 1.165) is 11.1 Å². The molecule has 0 radical (unpaired) electrons. The van der Waals surface area contributed by atoms with E-state index in [0.29, 0.717) is 0 Å². The van der Waals surface area contributed by atoms with Gasteiger partial charge >= 0.3 is 0 Å². The minimum atomic E-state index is -0.0174. The Kier molecular flexibility index (Phi) is 3.02. The van der Waals surface area contributed by atoms with E-state index in [2.05, 4.69) is 30.1 Å². The van der Waals surface area contributed by atoms with E-state index in [1.165, 1.54) is 31.2 Å². The molecule has 1 aliphatic carbocycles. The molecule has 1 fully saturated rings. The predicted octanol–water partition coefficient (Wildman–Crippen LogP) is 3.87. The summed E-state index contributed by atoms with van der Waals surface area (Å²) >= 11 is 0. The first-order valence-corrected chi connectivity index (χ1v) is 6.98. The van der Waals surface area contributed by atoms with Crippen molar-refractivity contribution in [1.29, 1.82) is 0 Å². The maximum atomic E-state index is 11.9. The number of hydrogen-bond donors (Lipinski definition) is 1. The van der Waals surface area contributed by atoms with Crippen LogP contribution >= 0.6 is 0 Å². The van der Waals surface area contributed by atoms with Gasteiger partial charge in [0.15, 0.2) is 0 Å². The first-order chi connectivity index (χ1) is 9.19. The minimum absolute atomic E-state index is 0.0174. The molecule has 1 heterocycles. The lowest BCUT2D eigenvalue weighted by atomic mass is 9.80. The summed E-state index contributed by atoms with van der Waals surface area (Å²) in [4.78, 5) is 14.6. The van der Waals surface area contributed by atoms with Crippen molar-refractivity contribution < 1.29 is 0 Å². The lowest BCUT2D eigenvalue weighted by Gasteiger charge is -2.24. The first-order valence-electron chi connectivity index (χ1n) is 6.98. The monoisotopic (exact) mass is 253 g/mol. The van der Waals surface area contributed by atoms with Gasteiger partial charge in [0.25, 0.3) is 5.56 Å². The molecule has 2 aromatic rings. The second-order valence-corrected chi connectivity index (χ2v) is 5.76. The summed E-state index contributed by atoms with van der Waals surface area (Å²) in [5, 5.41) is 0. The lowest BCUT2D eigenvalue weighted by Crippen LogP contribution is -2.17. The number of hydrogen-bond acceptors (Lipinski definition) is 1. The second-order valence-electron chi connectivity index (χ2n) is 5.76. The second kappa shape index (κ2) is 4.69. The fourth-order valence-corrected chi connectivity index (χ4v) is 3.16. The Balaban J connectivity index is 2.06. The maximum Gasteiger partial charge on any atom is 0.255 e. The maximum absolute atomic E-state index is 11.9. The number of benzene rings is 1. The van der Waals surface area contributed by atoms with E-state index in [9.17, 15) is 4.79 Å². The smallest absolute Gasteiger partial charge is 0.255 e. The van der Waals surface area contributed by atoms with Crippen molar-refractivity contribution in [3.05, 3.63) is 58.5 Å². The third-order valence-electron chi connectivity index (χ3n) is 4.40. The number of aromatic amines is 1. The molecule has 3 rings (SSSR count). The van der Waals surface area contributed by atoms with Crippen molar-refractivity contribution in [2.24, 2.45) is 0 Å². The average Bonchev–Trinajstić information content (AvgIpc) is 2.88. The number of H-pyrrole nitrogens is 1. The van der Waals surface area contributed by atoms with Crippen LogP contribution in [-0.2, 0) is 5.41 Å². The molecule has 0 atom stereocenters. The summed E-state index contributed by atoms with van der Waals surface area (Å²) in [7, 11) is 0. The minimum Gasteiger partial charge on any atom is -0.329 e. The van der Waals surface area contributed by atoms with Gasteiger partial charge in [0, 0.05) is 11.8 Å². The molecular weight excluding hydrogens is 234 g/mol. The van der Waals surface area contributed by atoms with Gasteiger partial charge in [-0.2, -0.15) is 0 Å². The van der Waals surface area contributed by atoms with E-state index in [1.807, 2.05) is 18.2 Å². The van der Waals surface area contributed by atoms with Crippen LogP contribution in [0.2, 0.25) is 0 Å². The van der Waals surface area contributed by atoms with Crippen LogP contribution < -0.4 is 5.56 Å². The fourth-order valence-electron chi connectivity index (χ4n) is 3.16. The Morgan fingerprint density at radius 1 is 1.11 bits per heavy atom. The van der Waals surface area contributed by atoms with E-state index >= 15 is 0 Å². The molecule has 0 amide bonds. The SMILES string of the molecule is CC1(c2cccc(-c3ccc[nH]c3=O)c2)CCCC1. The predicted molar refractivity (Wildman–Crippen MR) is 78.3 cm³/mol. The Morgan fingerprint density at radius 3 is 2.63 bits per heavy atom. The standard InChI is InChI=1S/C17H19NO/c1-17(9-2-3-10-17)14-7-4-6-13(12-14)15-8-5-11-18-16(15)19/h4-8,11-12H,2-3,9-10H2,1H3,(H,18,19). The van der Waals surface area contributed by atoms with Crippen molar-refractivity contribution in [2.75, 3.05) is 0 Å². The first kappa shape index (κ1) is 12.2. The molecular formula is C17H19NO. The lowest BCUT2D eigenvalue weighted by molar-refractivity contribution is 0.491. The van der Waals surface area contributed by atoms with Crippen LogP contribution in [0.25, 0.3) is 11.1 Å². The summed E-state index contributed by atoms with van der Waals surface area (Å²) < 4.78 is 0. The number of aromatic nitrogens is 1. The highest BCUT2D eigenvalue weighted by Gasteiger charge is 2.30. The van der Waals surface area contributed by atoms with Crippen molar-refractivity contribution in [2.45, 2.75) is 38.0 Å². The number of nitrogens with one attached hydrogen (secondary N) is 1. The Labute approximate surface area is 113 Å². The molecule has 0 saturated heterocycles. The molecule has 0 aliphatic heterocycles. The third-order valence-corrected chi connectivity index (χ3v) is 4.40. The molecule has 2 nitrogen and oxygen atoms in total. The van der Waals surface area contributed by atoms with Crippen molar-refractivity contribution in [1.82, 2.24) is 4.98 Å². The zero-order chi connectivity index (χ0) is 13.3. The summed E-state index contributed by atoms with van der Waals surface area (Å²) in [6.07, 6.45) is 6.80. The molecule has 0 unspecified atom stereocenters. The van der Waals surface area contributed by atoms with Gasteiger partial charge in [-0.15, -0.1) is 0 Å². The van der Waals surface area contributed by atoms with Gasteiger partial charge in [0.2, 0.25) is 0 Å². The molecule has 19 heavy (non-hydrogen) atoms. The van der Waals surface area contributed by atoms with Crippen molar-refractivity contribution in [3.63, 3.8) is 0 Å². The largest absolute Gasteiger partial charge is 0.329 e. The fraction of sp³-hybridized carbons (Fsp3) is 0.353. The molecule has 98 valence electrons. The summed E-state index contributed by atoms with van der Waals surface area (Å²) in [5.74, 6) is 0. The number of pyridine rings is 1. The van der Waals surface area contributed by atoms with Crippen LogP contribution in [0, 0.1) is 0 Å². The van der Waals surface area contributed by atoms with Crippen LogP contribution in [0.5, 0.6) is 0 Å². The van der Waals surface area contributed by atoms with Gasteiger partial charge in [-0.3, -0.25) is 4.79 Å². The van der Waals surface area contributed by atoms with E-state index in [1.54, 1.807) is 6.20 Å². The Bertz CT molecular complexity index is 635. The quantitative estimate of drug-likeness (QED) is 0.865. The highest BCUT2D eigenvalue weighted by atomic mass is 16.1. The normalized spacial score (nSPS) is 17.5. The highest BCUT2D eigenvalue weighted by molar-refractivity contribution is 5.63. The van der Waals surface area contributed by atoms with Gasteiger partial charge in [-0.25, -0.2) is 0 Å². The molecule has 1 aromatic carbocycles. The molecule has 0 spiro atoms. The van der Waals surface area contributed by atoms with Gasteiger partial charge < -0.3 is 4.98 Å². The Hall–Kier alpha value is -1.83. The summed E-state index contributed by atoms with van der Waals surface area (Å²) in [5.41, 5.74) is 3.41. The van der Waals surface area contributed by atoms with E-state index in [4.69, 9.17) is 0 Å². The summed E-state index contributed by atoms with van der Waals surface area (Å²) in [6, 6.07) is 12.2. The van der Waals surface area contributed by atoms with Crippen molar-refractivity contribution >= 4 is 0 Å². The van der Waals surface area contributed by atoms with Crippen LogP contribution in [0.3, 0.4) is 0 Å².